The number of hydrogen-bond acceptors (Lipinski definition) is 3. The smallest absolute Gasteiger partial charge is 0.337 e. The van der Waals surface area contributed by atoms with Crippen LogP contribution in [0.1, 0.15) is 23.2 Å². The van der Waals surface area contributed by atoms with Gasteiger partial charge in [0.05, 0.1) is 11.3 Å². The van der Waals surface area contributed by atoms with Gasteiger partial charge < -0.3 is 15.2 Å². The largest absolute Gasteiger partial charge is 0.478 e. The number of carbonyl (C=O) groups is 2. The van der Waals surface area contributed by atoms with E-state index in [1.807, 2.05) is 0 Å². The molecule has 1 saturated heterocycles. The van der Waals surface area contributed by atoms with Gasteiger partial charge in [0.2, 0.25) is 0 Å². The SMILES string of the molecule is O=C(O)c1cc(F)ccc1NC(=O)[C@H]1CCCO1. The van der Waals surface area contributed by atoms with Crippen LogP contribution in [0.3, 0.4) is 0 Å². The number of carbonyl (C=O) groups excluding carboxylic acids is 1. The molecule has 0 unspecified atom stereocenters. The summed E-state index contributed by atoms with van der Waals surface area (Å²) in [6.45, 7) is 0.521. The summed E-state index contributed by atoms with van der Waals surface area (Å²) >= 11 is 0. The first kappa shape index (κ1) is 12.5. The van der Waals surface area contributed by atoms with Crippen LogP contribution >= 0.6 is 0 Å². The third-order valence-electron chi connectivity index (χ3n) is 2.69. The molecule has 0 aromatic heterocycles. The minimum atomic E-state index is -1.29. The van der Waals surface area contributed by atoms with Gasteiger partial charge in [0.1, 0.15) is 11.9 Å². The molecule has 6 heteroatoms. The minimum absolute atomic E-state index is 0.0735. The average molecular weight is 253 g/mol. The van der Waals surface area contributed by atoms with Gasteiger partial charge in [-0.2, -0.15) is 0 Å². The van der Waals surface area contributed by atoms with Gasteiger partial charge in [-0.25, -0.2) is 9.18 Å². The zero-order chi connectivity index (χ0) is 13.1. The molecule has 1 heterocycles. The molecule has 0 spiro atoms. The van der Waals surface area contributed by atoms with Crippen molar-refractivity contribution in [1.82, 2.24) is 0 Å². The van der Waals surface area contributed by atoms with Gasteiger partial charge in [0.15, 0.2) is 0 Å². The van der Waals surface area contributed by atoms with Crippen molar-refractivity contribution in [3.8, 4) is 0 Å². The highest BCUT2D eigenvalue weighted by atomic mass is 19.1. The monoisotopic (exact) mass is 253 g/mol. The number of anilines is 1. The number of aromatic carboxylic acids is 1. The van der Waals surface area contributed by atoms with Crippen molar-refractivity contribution < 1.29 is 23.8 Å². The highest BCUT2D eigenvalue weighted by molar-refractivity contribution is 6.01. The Balaban J connectivity index is 2.17. The summed E-state index contributed by atoms with van der Waals surface area (Å²) in [6.07, 6.45) is 0.847. The zero-order valence-electron chi connectivity index (χ0n) is 9.48. The number of carboxylic acids is 1. The summed E-state index contributed by atoms with van der Waals surface area (Å²) in [5, 5.41) is 11.4. The minimum Gasteiger partial charge on any atom is -0.478 e. The zero-order valence-corrected chi connectivity index (χ0v) is 9.48. The maximum atomic E-state index is 12.9. The molecule has 5 nitrogen and oxygen atoms in total. The standard InChI is InChI=1S/C12H12FNO4/c13-7-3-4-9(8(6-7)12(16)17)14-11(15)10-2-1-5-18-10/h3-4,6,10H,1-2,5H2,(H,14,15)(H,16,17)/t10-/m1/s1. The van der Waals surface area contributed by atoms with Crippen molar-refractivity contribution in [1.29, 1.82) is 0 Å². The summed E-state index contributed by atoms with van der Waals surface area (Å²) in [6, 6.07) is 3.19. The molecule has 1 aliphatic heterocycles. The molecule has 96 valence electrons. The first-order valence-electron chi connectivity index (χ1n) is 5.53. The van der Waals surface area contributed by atoms with E-state index in [1.54, 1.807) is 0 Å². The first-order valence-corrected chi connectivity index (χ1v) is 5.53. The number of ether oxygens (including phenoxy) is 1. The predicted molar refractivity (Wildman–Crippen MR) is 61.0 cm³/mol. The van der Waals surface area contributed by atoms with Crippen LogP contribution in [0.5, 0.6) is 0 Å². The molecule has 1 amide bonds. The van der Waals surface area contributed by atoms with Crippen molar-refractivity contribution >= 4 is 17.6 Å². The molecule has 2 N–H and O–H groups in total. The molecule has 1 aromatic carbocycles. The number of carboxylic acid groups (broad SMARTS) is 1. The predicted octanol–water partition coefficient (Wildman–Crippen LogP) is 1.64. The van der Waals surface area contributed by atoms with Gasteiger partial charge in [-0.05, 0) is 31.0 Å². The van der Waals surface area contributed by atoms with E-state index in [0.717, 1.165) is 18.6 Å². The lowest BCUT2D eigenvalue weighted by atomic mass is 10.1. The molecule has 1 aromatic rings. The number of amides is 1. The van der Waals surface area contributed by atoms with Crippen molar-refractivity contribution in [2.75, 3.05) is 11.9 Å². The molecule has 2 rings (SSSR count). The molecule has 1 aliphatic rings. The van der Waals surface area contributed by atoms with Crippen LogP contribution in [0.25, 0.3) is 0 Å². The Labute approximate surface area is 103 Å². The summed E-state index contributed by atoms with van der Waals surface area (Å²) in [7, 11) is 0. The van der Waals surface area contributed by atoms with Crippen LogP contribution in [0, 0.1) is 5.82 Å². The van der Waals surface area contributed by atoms with Crippen molar-refractivity contribution in [2.45, 2.75) is 18.9 Å². The van der Waals surface area contributed by atoms with E-state index in [-0.39, 0.29) is 11.3 Å². The second kappa shape index (κ2) is 5.14. The van der Waals surface area contributed by atoms with Crippen LogP contribution in [-0.2, 0) is 9.53 Å². The molecule has 0 radical (unpaired) electrons. The van der Waals surface area contributed by atoms with Crippen LogP contribution in [0.2, 0.25) is 0 Å². The van der Waals surface area contributed by atoms with E-state index in [4.69, 9.17) is 9.84 Å². The van der Waals surface area contributed by atoms with Crippen molar-refractivity contribution in [2.24, 2.45) is 0 Å². The van der Waals surface area contributed by atoms with E-state index in [2.05, 4.69) is 5.32 Å². The number of rotatable bonds is 3. The lowest BCUT2D eigenvalue weighted by Gasteiger charge is -2.12. The lowest BCUT2D eigenvalue weighted by molar-refractivity contribution is -0.124. The Morgan fingerprint density at radius 2 is 2.22 bits per heavy atom. The van der Waals surface area contributed by atoms with E-state index in [1.165, 1.54) is 6.07 Å². The molecule has 1 fully saturated rings. The van der Waals surface area contributed by atoms with Crippen molar-refractivity contribution in [3.63, 3.8) is 0 Å². The Hall–Kier alpha value is -1.95. The maximum Gasteiger partial charge on any atom is 0.337 e. The van der Waals surface area contributed by atoms with E-state index >= 15 is 0 Å². The van der Waals surface area contributed by atoms with Gasteiger partial charge in [-0.3, -0.25) is 4.79 Å². The third-order valence-corrected chi connectivity index (χ3v) is 2.69. The topological polar surface area (TPSA) is 75.6 Å². The van der Waals surface area contributed by atoms with Gasteiger partial charge >= 0.3 is 5.97 Å². The van der Waals surface area contributed by atoms with Gasteiger partial charge in [-0.1, -0.05) is 0 Å². The number of benzene rings is 1. The highest BCUT2D eigenvalue weighted by Gasteiger charge is 2.24. The third kappa shape index (κ3) is 2.65. The molecule has 0 aliphatic carbocycles. The van der Waals surface area contributed by atoms with Crippen LogP contribution in [0.4, 0.5) is 10.1 Å². The summed E-state index contributed by atoms with van der Waals surface area (Å²) in [5.41, 5.74) is -0.203. The fourth-order valence-electron chi connectivity index (χ4n) is 1.80. The quantitative estimate of drug-likeness (QED) is 0.858. The van der Waals surface area contributed by atoms with Gasteiger partial charge in [0, 0.05) is 6.61 Å². The molecular weight excluding hydrogens is 241 g/mol. The van der Waals surface area contributed by atoms with Gasteiger partial charge in [0.25, 0.3) is 5.91 Å². The first-order chi connectivity index (χ1) is 8.58. The number of nitrogens with one attached hydrogen (secondary N) is 1. The second-order valence-electron chi connectivity index (χ2n) is 3.99. The molecular formula is C12H12FNO4. The molecule has 18 heavy (non-hydrogen) atoms. The summed E-state index contributed by atoms with van der Waals surface area (Å²) in [5.74, 6) is -2.36. The van der Waals surface area contributed by atoms with E-state index in [0.29, 0.717) is 13.0 Å². The van der Waals surface area contributed by atoms with Crippen LogP contribution < -0.4 is 5.32 Å². The highest BCUT2D eigenvalue weighted by Crippen LogP contribution is 2.19. The number of hydrogen-bond donors (Lipinski definition) is 2. The van der Waals surface area contributed by atoms with E-state index < -0.39 is 23.8 Å². The summed E-state index contributed by atoms with van der Waals surface area (Å²) in [4.78, 5) is 22.7. The normalized spacial score (nSPS) is 18.6. The fourth-order valence-corrected chi connectivity index (χ4v) is 1.80. The Kier molecular flexibility index (Phi) is 3.57. The Morgan fingerprint density at radius 3 is 2.83 bits per heavy atom. The lowest BCUT2D eigenvalue weighted by Crippen LogP contribution is -2.27. The molecule has 0 saturated carbocycles. The fraction of sp³-hybridized carbons (Fsp3) is 0.333. The number of halogens is 1. The Bertz CT molecular complexity index is 483. The molecule has 0 bridgehead atoms. The second-order valence-corrected chi connectivity index (χ2v) is 3.99. The van der Waals surface area contributed by atoms with E-state index in [9.17, 15) is 14.0 Å². The van der Waals surface area contributed by atoms with Gasteiger partial charge in [-0.15, -0.1) is 0 Å². The Morgan fingerprint density at radius 1 is 1.44 bits per heavy atom. The van der Waals surface area contributed by atoms with Crippen LogP contribution in [0.15, 0.2) is 18.2 Å². The summed E-state index contributed by atoms with van der Waals surface area (Å²) < 4.78 is 18.1. The van der Waals surface area contributed by atoms with Crippen LogP contribution in [-0.4, -0.2) is 29.7 Å². The maximum absolute atomic E-state index is 12.9. The average Bonchev–Trinajstić information content (AvgIpc) is 2.84. The molecule has 1 atom stereocenters. The van der Waals surface area contributed by atoms with Crippen molar-refractivity contribution in [3.05, 3.63) is 29.6 Å².